The number of aliphatic hydroxyl groups is 1. The Morgan fingerprint density at radius 2 is 2.04 bits per heavy atom. The molecule has 0 unspecified atom stereocenters. The molecule has 0 aromatic carbocycles. The first-order chi connectivity index (χ1) is 11.9. The van der Waals surface area contributed by atoms with Crippen molar-refractivity contribution in [1.82, 2.24) is 9.97 Å². The van der Waals surface area contributed by atoms with E-state index >= 15 is 0 Å². The first-order valence-electron chi connectivity index (χ1n) is 9.11. The van der Waals surface area contributed by atoms with E-state index in [-0.39, 0.29) is 0 Å². The summed E-state index contributed by atoms with van der Waals surface area (Å²) in [6.45, 7) is 1.22. The Morgan fingerprint density at radius 3 is 2.88 bits per heavy atom. The highest BCUT2D eigenvalue weighted by atomic mass is 32.2. The molecule has 130 valence electrons. The maximum absolute atomic E-state index is 8.85. The van der Waals surface area contributed by atoms with Crippen molar-refractivity contribution < 1.29 is 5.11 Å². The standard InChI is InChI=1S/C18H25N3OS2/c22-9-3-10-23-11-8-19-17-15-13-4-1-2-5-14(13)24-18(15)21-16(20-17)12-6-7-12/h12,22H,1-11H2,(H,19,20,21). The molecule has 0 aliphatic heterocycles. The Bertz CT molecular complexity index is 712. The summed E-state index contributed by atoms with van der Waals surface area (Å²) in [5.74, 6) is 4.79. The molecule has 0 radical (unpaired) electrons. The molecular formula is C18H25N3OS2. The highest BCUT2D eigenvalue weighted by Gasteiger charge is 2.29. The number of thioether (sulfide) groups is 1. The van der Waals surface area contributed by atoms with E-state index in [1.807, 2.05) is 23.1 Å². The normalized spacial score (nSPS) is 17.2. The third-order valence-corrected chi connectivity index (χ3v) is 7.02. The lowest BCUT2D eigenvalue weighted by atomic mass is 9.97. The number of hydrogen-bond acceptors (Lipinski definition) is 6. The fourth-order valence-corrected chi connectivity index (χ4v) is 5.39. The number of fused-ring (bicyclic) bond motifs is 3. The summed E-state index contributed by atoms with van der Waals surface area (Å²) >= 11 is 3.79. The minimum Gasteiger partial charge on any atom is -0.396 e. The maximum atomic E-state index is 8.85. The highest BCUT2D eigenvalue weighted by Crippen LogP contribution is 2.43. The molecule has 2 aliphatic carbocycles. The van der Waals surface area contributed by atoms with E-state index in [4.69, 9.17) is 15.1 Å². The van der Waals surface area contributed by atoms with Crippen LogP contribution in [0.2, 0.25) is 0 Å². The van der Waals surface area contributed by atoms with Crippen LogP contribution in [-0.4, -0.2) is 39.7 Å². The predicted octanol–water partition coefficient (Wildman–Crippen LogP) is 3.98. The lowest BCUT2D eigenvalue weighted by Gasteiger charge is -2.13. The second-order valence-electron chi connectivity index (χ2n) is 6.71. The van der Waals surface area contributed by atoms with Gasteiger partial charge in [-0.15, -0.1) is 11.3 Å². The van der Waals surface area contributed by atoms with Crippen molar-refractivity contribution in [2.75, 3.05) is 30.0 Å². The van der Waals surface area contributed by atoms with Crippen molar-refractivity contribution in [3.05, 3.63) is 16.3 Å². The Hall–Kier alpha value is -0.850. The van der Waals surface area contributed by atoms with Crippen molar-refractivity contribution in [2.45, 2.75) is 50.9 Å². The molecule has 2 N–H and O–H groups in total. The van der Waals surface area contributed by atoms with E-state index in [1.165, 1.54) is 54.3 Å². The Balaban J connectivity index is 1.56. The number of nitrogens with zero attached hydrogens (tertiary/aromatic N) is 2. The molecule has 4 nitrogen and oxygen atoms in total. The maximum Gasteiger partial charge on any atom is 0.138 e. The number of anilines is 1. The quantitative estimate of drug-likeness (QED) is 0.695. The predicted molar refractivity (Wildman–Crippen MR) is 104 cm³/mol. The molecule has 0 atom stereocenters. The second kappa shape index (κ2) is 7.58. The van der Waals surface area contributed by atoms with Crippen molar-refractivity contribution >= 4 is 39.1 Å². The smallest absolute Gasteiger partial charge is 0.138 e. The van der Waals surface area contributed by atoms with Gasteiger partial charge in [0, 0.05) is 29.7 Å². The SMILES string of the molecule is OCCCSCCNc1nc(C2CC2)nc2sc3c(c12)CCCC3. The highest BCUT2D eigenvalue weighted by molar-refractivity contribution is 7.99. The van der Waals surface area contributed by atoms with Crippen LogP contribution in [-0.2, 0) is 12.8 Å². The van der Waals surface area contributed by atoms with E-state index in [1.54, 1.807) is 4.88 Å². The fraction of sp³-hybridized carbons (Fsp3) is 0.667. The van der Waals surface area contributed by atoms with E-state index < -0.39 is 0 Å². The Morgan fingerprint density at radius 1 is 1.17 bits per heavy atom. The van der Waals surface area contributed by atoms with Crippen molar-refractivity contribution in [2.24, 2.45) is 0 Å². The van der Waals surface area contributed by atoms with E-state index in [0.29, 0.717) is 12.5 Å². The lowest BCUT2D eigenvalue weighted by molar-refractivity contribution is 0.296. The second-order valence-corrected chi connectivity index (χ2v) is 9.02. The van der Waals surface area contributed by atoms with Crippen LogP contribution in [0.25, 0.3) is 10.2 Å². The molecule has 0 spiro atoms. The van der Waals surface area contributed by atoms with Gasteiger partial charge in [0.2, 0.25) is 0 Å². The van der Waals surface area contributed by atoms with Gasteiger partial charge in [-0.05, 0) is 56.3 Å². The largest absolute Gasteiger partial charge is 0.396 e. The van der Waals surface area contributed by atoms with Crippen LogP contribution in [0, 0.1) is 0 Å². The fourth-order valence-electron chi connectivity index (χ4n) is 3.34. The van der Waals surface area contributed by atoms with Gasteiger partial charge < -0.3 is 10.4 Å². The zero-order valence-corrected chi connectivity index (χ0v) is 15.6. The average Bonchev–Trinajstić information content (AvgIpc) is 3.38. The van der Waals surface area contributed by atoms with E-state index in [9.17, 15) is 0 Å². The Kier molecular flexibility index (Phi) is 5.25. The van der Waals surface area contributed by atoms with Gasteiger partial charge in [-0.25, -0.2) is 9.97 Å². The number of aromatic nitrogens is 2. The number of aliphatic hydroxyl groups excluding tert-OH is 1. The molecule has 2 heterocycles. The van der Waals surface area contributed by atoms with Crippen LogP contribution < -0.4 is 5.32 Å². The van der Waals surface area contributed by atoms with Crippen molar-refractivity contribution in [3.63, 3.8) is 0 Å². The number of hydrogen-bond donors (Lipinski definition) is 2. The summed E-state index contributed by atoms with van der Waals surface area (Å²) < 4.78 is 0. The lowest BCUT2D eigenvalue weighted by Crippen LogP contribution is -2.09. The number of thiophene rings is 1. The molecule has 0 amide bonds. The zero-order chi connectivity index (χ0) is 16.4. The van der Waals surface area contributed by atoms with Gasteiger partial charge in [0.25, 0.3) is 0 Å². The molecular weight excluding hydrogens is 338 g/mol. The van der Waals surface area contributed by atoms with Crippen LogP contribution in [0.3, 0.4) is 0 Å². The third kappa shape index (κ3) is 3.55. The average molecular weight is 364 g/mol. The van der Waals surface area contributed by atoms with Gasteiger partial charge in [-0.2, -0.15) is 11.8 Å². The molecule has 1 fully saturated rings. The molecule has 2 aromatic rings. The summed E-state index contributed by atoms with van der Waals surface area (Å²) in [7, 11) is 0. The van der Waals surface area contributed by atoms with Crippen molar-refractivity contribution in [3.8, 4) is 0 Å². The first kappa shape index (κ1) is 16.6. The van der Waals surface area contributed by atoms with Gasteiger partial charge in [0.15, 0.2) is 0 Å². The summed E-state index contributed by atoms with van der Waals surface area (Å²) in [6.07, 6.45) is 8.37. The van der Waals surface area contributed by atoms with Crippen LogP contribution in [0.5, 0.6) is 0 Å². The van der Waals surface area contributed by atoms with Crippen molar-refractivity contribution in [1.29, 1.82) is 0 Å². The third-order valence-electron chi connectivity index (χ3n) is 4.76. The van der Waals surface area contributed by atoms with Crippen LogP contribution in [0.15, 0.2) is 0 Å². The minimum atomic E-state index is 0.290. The monoisotopic (exact) mass is 363 g/mol. The van der Waals surface area contributed by atoms with E-state index in [0.717, 1.165) is 36.1 Å². The molecule has 0 bridgehead atoms. The molecule has 4 rings (SSSR count). The summed E-state index contributed by atoms with van der Waals surface area (Å²) in [4.78, 5) is 12.6. The summed E-state index contributed by atoms with van der Waals surface area (Å²) in [6, 6.07) is 0. The summed E-state index contributed by atoms with van der Waals surface area (Å²) in [5.41, 5.74) is 1.51. The number of aryl methyl sites for hydroxylation is 2. The molecule has 6 heteroatoms. The van der Waals surface area contributed by atoms with Crippen LogP contribution >= 0.6 is 23.1 Å². The van der Waals surface area contributed by atoms with Crippen LogP contribution in [0.4, 0.5) is 5.82 Å². The molecule has 2 aliphatic rings. The topological polar surface area (TPSA) is 58.0 Å². The van der Waals surface area contributed by atoms with Gasteiger partial charge in [-0.3, -0.25) is 0 Å². The molecule has 2 aromatic heterocycles. The molecule has 0 saturated heterocycles. The first-order valence-corrected chi connectivity index (χ1v) is 11.1. The molecule has 24 heavy (non-hydrogen) atoms. The van der Waals surface area contributed by atoms with Gasteiger partial charge >= 0.3 is 0 Å². The minimum absolute atomic E-state index is 0.290. The summed E-state index contributed by atoms with van der Waals surface area (Å²) in [5, 5.41) is 13.8. The molecule has 1 saturated carbocycles. The van der Waals surface area contributed by atoms with Gasteiger partial charge in [0.05, 0.1) is 5.39 Å². The van der Waals surface area contributed by atoms with Crippen LogP contribution in [0.1, 0.15) is 54.3 Å². The van der Waals surface area contributed by atoms with Gasteiger partial charge in [0.1, 0.15) is 16.5 Å². The Labute approximate surface area is 151 Å². The zero-order valence-electron chi connectivity index (χ0n) is 14.0. The number of nitrogens with one attached hydrogen (secondary N) is 1. The van der Waals surface area contributed by atoms with Gasteiger partial charge in [-0.1, -0.05) is 0 Å². The number of rotatable bonds is 8. The van der Waals surface area contributed by atoms with E-state index in [2.05, 4.69) is 5.32 Å².